The molecule has 0 aromatic heterocycles. The highest BCUT2D eigenvalue weighted by Crippen LogP contribution is 2.30. The Morgan fingerprint density at radius 2 is 1.69 bits per heavy atom. The van der Waals surface area contributed by atoms with Gasteiger partial charge in [0.15, 0.2) is 0 Å². The van der Waals surface area contributed by atoms with Gasteiger partial charge in [-0.3, -0.25) is 19.3 Å². The summed E-state index contributed by atoms with van der Waals surface area (Å²) in [5.41, 5.74) is 7.58. The number of methoxy groups -OCH3 is 1. The molecule has 32 heavy (non-hydrogen) atoms. The van der Waals surface area contributed by atoms with Crippen LogP contribution < -0.4 is 10.5 Å². The maximum Gasteiger partial charge on any atom is 0.323 e. The smallest absolute Gasteiger partial charge is 0.323 e. The van der Waals surface area contributed by atoms with Crippen molar-refractivity contribution in [2.75, 3.05) is 13.7 Å². The zero-order valence-corrected chi connectivity index (χ0v) is 18.9. The molecule has 0 unspecified atom stereocenters. The van der Waals surface area contributed by atoms with E-state index in [1.807, 2.05) is 24.3 Å². The lowest BCUT2D eigenvalue weighted by Crippen LogP contribution is -2.36. The van der Waals surface area contributed by atoms with E-state index in [-0.39, 0.29) is 5.91 Å². The van der Waals surface area contributed by atoms with Gasteiger partial charge in [-0.15, -0.1) is 0 Å². The molecule has 0 aliphatic carbocycles. The van der Waals surface area contributed by atoms with Crippen LogP contribution >= 0.6 is 24.0 Å². The van der Waals surface area contributed by atoms with Gasteiger partial charge in [0, 0.05) is 0 Å². The maximum absolute atomic E-state index is 12.4. The van der Waals surface area contributed by atoms with Crippen LogP contribution in [-0.2, 0) is 32.0 Å². The number of carboxylic acid groups (broad SMARTS) is 1. The third kappa shape index (κ3) is 6.06. The van der Waals surface area contributed by atoms with Gasteiger partial charge >= 0.3 is 11.9 Å². The summed E-state index contributed by atoms with van der Waals surface area (Å²) in [7, 11) is 1.30. The predicted octanol–water partition coefficient (Wildman–Crippen LogP) is 2.38. The lowest BCUT2D eigenvalue weighted by molar-refractivity contribution is -0.142. The molecule has 1 heterocycles. The van der Waals surface area contributed by atoms with Gasteiger partial charge in [0.05, 0.1) is 12.4 Å². The van der Waals surface area contributed by atoms with Crippen LogP contribution in [0.3, 0.4) is 0 Å². The van der Waals surface area contributed by atoms with Gasteiger partial charge in [0.1, 0.15) is 28.4 Å². The summed E-state index contributed by atoms with van der Waals surface area (Å²) in [6.07, 6.45) is 0.808. The number of benzene rings is 2. The molecule has 1 aliphatic heterocycles. The number of ether oxygens (including phenoxy) is 2. The average Bonchev–Trinajstić information content (AvgIpc) is 3.02. The van der Waals surface area contributed by atoms with Crippen molar-refractivity contribution in [2.24, 2.45) is 5.73 Å². The van der Waals surface area contributed by atoms with Crippen LogP contribution in [0.5, 0.6) is 11.5 Å². The standard InChI is InChI=1S/C22H22N2O6S2/c1-29-21(28)17(23)10-13-2-6-15(7-3-13)30-16-8-4-14(5-9-16)11-18-20(27)24(12-19(25)26)22(31)32-18/h2-9,17-18H,10-12,23H2,1H3,(H,25,26)/t17-,18+/m1/s1. The second-order valence-corrected chi connectivity index (χ2v) is 8.95. The molecule has 2 aromatic carbocycles. The van der Waals surface area contributed by atoms with E-state index in [0.717, 1.165) is 16.0 Å². The van der Waals surface area contributed by atoms with E-state index < -0.39 is 29.8 Å². The van der Waals surface area contributed by atoms with Crippen molar-refractivity contribution in [3.8, 4) is 11.5 Å². The highest BCUT2D eigenvalue weighted by molar-refractivity contribution is 8.24. The molecule has 3 rings (SSSR count). The molecule has 168 valence electrons. The molecule has 8 nitrogen and oxygen atoms in total. The number of nitrogens with zero attached hydrogens (tertiary/aromatic N) is 1. The molecule has 0 spiro atoms. The Morgan fingerprint density at radius 3 is 2.22 bits per heavy atom. The summed E-state index contributed by atoms with van der Waals surface area (Å²) in [4.78, 5) is 35.9. The van der Waals surface area contributed by atoms with Crippen LogP contribution in [0, 0.1) is 0 Å². The van der Waals surface area contributed by atoms with E-state index in [0.29, 0.717) is 28.7 Å². The monoisotopic (exact) mass is 474 g/mol. The van der Waals surface area contributed by atoms with Gasteiger partial charge in [-0.05, 0) is 48.2 Å². The van der Waals surface area contributed by atoms with Crippen LogP contribution in [-0.4, -0.2) is 57.1 Å². The first-order valence-corrected chi connectivity index (χ1v) is 11.0. The highest BCUT2D eigenvalue weighted by Gasteiger charge is 2.37. The van der Waals surface area contributed by atoms with Crippen molar-refractivity contribution in [3.05, 3.63) is 59.7 Å². The molecule has 1 saturated heterocycles. The molecule has 0 radical (unpaired) electrons. The molecule has 0 bridgehead atoms. The minimum absolute atomic E-state index is 0.283. The topological polar surface area (TPSA) is 119 Å². The summed E-state index contributed by atoms with van der Waals surface area (Å²) in [6, 6.07) is 13.9. The summed E-state index contributed by atoms with van der Waals surface area (Å²) in [6.45, 7) is -0.415. The number of amides is 1. The normalized spacial score (nSPS) is 16.7. The van der Waals surface area contributed by atoms with Crippen molar-refractivity contribution >= 4 is 46.1 Å². The number of carbonyl (C=O) groups is 3. The van der Waals surface area contributed by atoms with Gasteiger partial charge < -0.3 is 20.3 Å². The first-order valence-electron chi connectivity index (χ1n) is 9.69. The fraction of sp³-hybridized carbons (Fsp3) is 0.273. The van der Waals surface area contributed by atoms with Crippen molar-refractivity contribution in [1.29, 1.82) is 0 Å². The van der Waals surface area contributed by atoms with E-state index in [4.69, 9.17) is 27.8 Å². The third-order valence-corrected chi connectivity index (χ3v) is 6.35. The quantitative estimate of drug-likeness (QED) is 0.417. The molecule has 3 N–H and O–H groups in total. The van der Waals surface area contributed by atoms with E-state index in [2.05, 4.69) is 4.74 Å². The van der Waals surface area contributed by atoms with Crippen LogP contribution in [0.25, 0.3) is 0 Å². The Kier molecular flexibility index (Phi) is 7.84. The lowest BCUT2D eigenvalue weighted by atomic mass is 10.1. The molecule has 0 saturated carbocycles. The molecule has 1 aliphatic rings. The highest BCUT2D eigenvalue weighted by atomic mass is 32.2. The predicted molar refractivity (Wildman–Crippen MR) is 124 cm³/mol. The molecule has 1 fully saturated rings. The van der Waals surface area contributed by atoms with Crippen LogP contribution in [0.15, 0.2) is 48.5 Å². The van der Waals surface area contributed by atoms with Gasteiger partial charge in [-0.1, -0.05) is 48.2 Å². The van der Waals surface area contributed by atoms with E-state index in [1.54, 1.807) is 24.3 Å². The summed E-state index contributed by atoms with van der Waals surface area (Å²) < 4.78 is 10.8. The number of hydrogen-bond donors (Lipinski definition) is 2. The SMILES string of the molecule is COC(=O)[C@H](N)Cc1ccc(Oc2ccc(C[C@@H]3SC(=S)N(CC(=O)O)C3=O)cc2)cc1. The largest absolute Gasteiger partial charge is 0.480 e. The first kappa shape index (κ1) is 23.7. The van der Waals surface area contributed by atoms with E-state index in [1.165, 1.54) is 18.9 Å². The van der Waals surface area contributed by atoms with Crippen LogP contribution in [0.1, 0.15) is 11.1 Å². The summed E-state index contributed by atoms with van der Waals surface area (Å²) in [5.74, 6) is -0.581. The van der Waals surface area contributed by atoms with Gasteiger partial charge in [-0.25, -0.2) is 0 Å². The minimum atomic E-state index is -1.09. The van der Waals surface area contributed by atoms with Crippen LogP contribution in [0.2, 0.25) is 0 Å². The summed E-state index contributed by atoms with van der Waals surface area (Å²) >= 11 is 6.34. The number of carbonyl (C=O) groups excluding carboxylic acids is 2. The fourth-order valence-electron chi connectivity index (χ4n) is 3.13. The van der Waals surface area contributed by atoms with Crippen molar-refractivity contribution in [2.45, 2.75) is 24.1 Å². The van der Waals surface area contributed by atoms with Crippen LogP contribution in [0.4, 0.5) is 0 Å². The molecular weight excluding hydrogens is 452 g/mol. The molecule has 10 heteroatoms. The van der Waals surface area contributed by atoms with Gasteiger partial charge in [-0.2, -0.15) is 0 Å². The number of aliphatic carboxylic acids is 1. The summed E-state index contributed by atoms with van der Waals surface area (Å²) in [5, 5.41) is 8.49. The Hall–Kier alpha value is -2.95. The van der Waals surface area contributed by atoms with E-state index in [9.17, 15) is 14.4 Å². The Morgan fingerprint density at radius 1 is 1.12 bits per heavy atom. The number of thiocarbonyl (C=S) groups is 1. The fourth-order valence-corrected chi connectivity index (χ4v) is 4.66. The van der Waals surface area contributed by atoms with Crippen molar-refractivity contribution in [1.82, 2.24) is 4.90 Å². The Bertz CT molecular complexity index is 1010. The molecular formula is C22H22N2O6S2. The second kappa shape index (κ2) is 10.6. The number of hydrogen-bond acceptors (Lipinski definition) is 8. The third-order valence-electron chi connectivity index (χ3n) is 4.76. The van der Waals surface area contributed by atoms with Gasteiger partial charge in [0.2, 0.25) is 5.91 Å². The Balaban J connectivity index is 1.56. The number of thioether (sulfide) groups is 1. The van der Waals surface area contributed by atoms with E-state index >= 15 is 0 Å². The second-order valence-electron chi connectivity index (χ2n) is 7.12. The molecule has 2 aromatic rings. The number of carboxylic acids is 1. The average molecular weight is 475 g/mol. The number of nitrogens with two attached hydrogens (primary N) is 1. The zero-order chi connectivity index (χ0) is 23.3. The number of rotatable bonds is 9. The lowest BCUT2D eigenvalue weighted by Gasteiger charge is -2.12. The maximum atomic E-state index is 12.4. The minimum Gasteiger partial charge on any atom is -0.480 e. The van der Waals surface area contributed by atoms with Crippen molar-refractivity contribution < 1.29 is 29.0 Å². The first-order chi connectivity index (χ1) is 15.3. The number of esters is 1. The Labute approximate surface area is 194 Å². The molecule has 2 atom stereocenters. The van der Waals surface area contributed by atoms with Crippen molar-refractivity contribution in [3.63, 3.8) is 0 Å². The molecule has 1 amide bonds. The zero-order valence-electron chi connectivity index (χ0n) is 17.2. The van der Waals surface area contributed by atoms with Gasteiger partial charge in [0.25, 0.3) is 0 Å².